The Bertz CT molecular complexity index is 620. The lowest BCUT2D eigenvalue weighted by atomic mass is 10.3. The van der Waals surface area contributed by atoms with Gasteiger partial charge >= 0.3 is 0 Å². The van der Waals surface area contributed by atoms with Crippen molar-refractivity contribution in [2.75, 3.05) is 6.54 Å². The predicted octanol–water partition coefficient (Wildman–Crippen LogP) is 5.33. The number of hydrogen-bond acceptors (Lipinski definition) is 3. The Hall–Kier alpha value is -1.000. The Morgan fingerprint density at radius 2 is 1.90 bits per heavy atom. The van der Waals surface area contributed by atoms with Crippen molar-refractivity contribution in [2.24, 2.45) is 0 Å². The van der Waals surface area contributed by atoms with Gasteiger partial charge in [-0.25, -0.2) is 4.98 Å². The van der Waals surface area contributed by atoms with Gasteiger partial charge in [-0.1, -0.05) is 47.8 Å². The maximum Gasteiger partial charge on any atom is 0.219 e. The zero-order chi connectivity index (χ0) is 15.2. The molecule has 0 aliphatic rings. The minimum Gasteiger partial charge on any atom is -0.437 e. The summed E-state index contributed by atoms with van der Waals surface area (Å²) < 4.78 is 5.68. The van der Waals surface area contributed by atoms with Gasteiger partial charge < -0.3 is 10.1 Å². The molecule has 0 aliphatic heterocycles. The van der Waals surface area contributed by atoms with E-state index in [0.29, 0.717) is 33.2 Å². The van der Waals surface area contributed by atoms with Crippen LogP contribution in [0.4, 0.5) is 0 Å². The molecule has 6 heteroatoms. The first-order valence-electron chi connectivity index (χ1n) is 6.59. The highest BCUT2D eigenvalue weighted by Crippen LogP contribution is 2.34. The van der Waals surface area contributed by atoms with Crippen molar-refractivity contribution in [2.45, 2.75) is 19.9 Å². The zero-order valence-electron chi connectivity index (χ0n) is 11.5. The van der Waals surface area contributed by atoms with Crippen molar-refractivity contribution in [1.82, 2.24) is 10.3 Å². The lowest BCUT2D eigenvalue weighted by Gasteiger charge is -2.10. The van der Waals surface area contributed by atoms with Crippen LogP contribution in [-0.2, 0) is 6.54 Å². The molecule has 0 unspecified atom stereocenters. The van der Waals surface area contributed by atoms with E-state index in [-0.39, 0.29) is 0 Å². The fraction of sp³-hybridized carbons (Fsp3) is 0.267. The van der Waals surface area contributed by atoms with Crippen LogP contribution in [0.5, 0.6) is 11.6 Å². The molecule has 0 saturated carbocycles. The molecule has 1 N–H and O–H groups in total. The smallest absolute Gasteiger partial charge is 0.219 e. The fourth-order valence-corrected chi connectivity index (χ4v) is 2.21. The van der Waals surface area contributed by atoms with Gasteiger partial charge in [-0.2, -0.15) is 0 Å². The molecule has 0 bridgehead atoms. The first-order chi connectivity index (χ1) is 10.1. The number of rotatable bonds is 6. The molecule has 1 heterocycles. The number of aromatic nitrogens is 1. The van der Waals surface area contributed by atoms with E-state index in [1.54, 1.807) is 30.3 Å². The number of nitrogens with zero attached hydrogens (tertiary/aromatic N) is 1. The molecule has 3 nitrogen and oxygen atoms in total. The molecule has 0 saturated heterocycles. The molecule has 0 atom stereocenters. The van der Waals surface area contributed by atoms with Gasteiger partial charge in [0.2, 0.25) is 5.88 Å². The largest absolute Gasteiger partial charge is 0.437 e. The quantitative estimate of drug-likeness (QED) is 0.718. The molecule has 2 rings (SSSR count). The van der Waals surface area contributed by atoms with Crippen LogP contribution in [0.1, 0.15) is 19.0 Å². The third kappa shape index (κ3) is 4.48. The van der Waals surface area contributed by atoms with Gasteiger partial charge in [0.1, 0.15) is 10.8 Å². The minimum atomic E-state index is 0.363. The summed E-state index contributed by atoms with van der Waals surface area (Å²) in [7, 11) is 0. The lowest BCUT2D eigenvalue weighted by molar-refractivity contribution is 0.460. The maximum absolute atomic E-state index is 6.13. The van der Waals surface area contributed by atoms with Crippen LogP contribution in [0.3, 0.4) is 0 Å². The first kappa shape index (κ1) is 16.4. The maximum atomic E-state index is 6.13. The molecule has 2 aromatic rings. The van der Waals surface area contributed by atoms with E-state index in [9.17, 15) is 0 Å². The topological polar surface area (TPSA) is 34.2 Å². The summed E-state index contributed by atoms with van der Waals surface area (Å²) in [5.41, 5.74) is 0.737. The molecule has 21 heavy (non-hydrogen) atoms. The van der Waals surface area contributed by atoms with Crippen LogP contribution in [0.25, 0.3) is 0 Å². The third-order valence-corrected chi connectivity index (χ3v) is 3.89. The Morgan fingerprint density at radius 3 is 2.67 bits per heavy atom. The van der Waals surface area contributed by atoms with Gasteiger partial charge in [0, 0.05) is 12.6 Å². The van der Waals surface area contributed by atoms with Crippen LogP contribution in [0.15, 0.2) is 30.3 Å². The molecule has 112 valence electrons. The van der Waals surface area contributed by atoms with Gasteiger partial charge in [0.25, 0.3) is 0 Å². The molecular formula is C15H15Cl3N2O. The average molecular weight is 346 g/mol. The highest BCUT2D eigenvalue weighted by atomic mass is 35.5. The molecule has 0 spiro atoms. The van der Waals surface area contributed by atoms with Crippen LogP contribution < -0.4 is 10.1 Å². The van der Waals surface area contributed by atoms with E-state index in [4.69, 9.17) is 39.5 Å². The summed E-state index contributed by atoms with van der Waals surface area (Å²) in [5, 5.41) is 4.65. The highest BCUT2D eigenvalue weighted by molar-refractivity contribution is 6.42. The first-order valence-corrected chi connectivity index (χ1v) is 7.73. The summed E-state index contributed by atoms with van der Waals surface area (Å²) >= 11 is 18.2. The summed E-state index contributed by atoms with van der Waals surface area (Å²) in [6, 6.07) is 8.66. The monoisotopic (exact) mass is 344 g/mol. The van der Waals surface area contributed by atoms with E-state index in [1.165, 1.54) is 0 Å². The van der Waals surface area contributed by atoms with E-state index in [2.05, 4.69) is 17.2 Å². The SMILES string of the molecule is CCCNCc1nc(Oc2cccc(Cl)c2Cl)ccc1Cl. The van der Waals surface area contributed by atoms with Gasteiger partial charge in [-0.15, -0.1) is 0 Å². The van der Waals surface area contributed by atoms with Crippen LogP contribution in [0, 0.1) is 0 Å². The minimum absolute atomic E-state index is 0.363. The number of pyridine rings is 1. The van der Waals surface area contributed by atoms with Crippen LogP contribution >= 0.6 is 34.8 Å². The van der Waals surface area contributed by atoms with E-state index < -0.39 is 0 Å². The molecular weight excluding hydrogens is 331 g/mol. The van der Waals surface area contributed by atoms with Gasteiger partial charge in [-0.3, -0.25) is 0 Å². The number of hydrogen-bond donors (Lipinski definition) is 1. The second kappa shape index (κ2) is 7.85. The summed E-state index contributed by atoms with van der Waals surface area (Å²) in [5.74, 6) is 0.892. The normalized spacial score (nSPS) is 10.7. The molecule has 1 aromatic heterocycles. The average Bonchev–Trinajstić information content (AvgIpc) is 2.47. The van der Waals surface area contributed by atoms with Crippen LogP contribution in [0.2, 0.25) is 15.1 Å². The number of nitrogens with one attached hydrogen (secondary N) is 1. The van der Waals surface area contributed by atoms with Gasteiger partial charge in [0.05, 0.1) is 15.7 Å². The van der Waals surface area contributed by atoms with Crippen molar-refractivity contribution >= 4 is 34.8 Å². The van der Waals surface area contributed by atoms with Gasteiger partial charge in [0.15, 0.2) is 0 Å². The van der Waals surface area contributed by atoms with E-state index in [0.717, 1.165) is 18.7 Å². The Kier molecular flexibility index (Phi) is 6.12. The Balaban J connectivity index is 2.17. The predicted molar refractivity (Wildman–Crippen MR) is 87.8 cm³/mol. The molecule has 1 aromatic carbocycles. The second-order valence-corrected chi connectivity index (χ2v) is 5.60. The number of benzene rings is 1. The molecule has 0 amide bonds. The fourth-order valence-electron chi connectivity index (χ4n) is 1.70. The molecule has 0 fully saturated rings. The second-order valence-electron chi connectivity index (χ2n) is 4.41. The van der Waals surface area contributed by atoms with E-state index in [1.807, 2.05) is 0 Å². The third-order valence-electron chi connectivity index (χ3n) is 2.74. The Morgan fingerprint density at radius 1 is 1.10 bits per heavy atom. The summed E-state index contributed by atoms with van der Waals surface area (Å²) in [6.45, 7) is 3.60. The van der Waals surface area contributed by atoms with Crippen molar-refractivity contribution in [1.29, 1.82) is 0 Å². The zero-order valence-corrected chi connectivity index (χ0v) is 13.8. The summed E-state index contributed by atoms with van der Waals surface area (Å²) in [4.78, 5) is 4.39. The van der Waals surface area contributed by atoms with Crippen LogP contribution in [-0.4, -0.2) is 11.5 Å². The number of halogens is 3. The standard InChI is InChI=1S/C15H15Cl3N2O/c1-2-8-19-9-12-10(16)6-7-14(20-12)21-13-5-3-4-11(17)15(13)18/h3-7,19H,2,8-9H2,1H3. The number of ether oxygens (including phenoxy) is 1. The summed E-state index contributed by atoms with van der Waals surface area (Å²) in [6.07, 6.45) is 1.05. The van der Waals surface area contributed by atoms with E-state index >= 15 is 0 Å². The lowest BCUT2D eigenvalue weighted by Crippen LogP contribution is -2.15. The van der Waals surface area contributed by atoms with Gasteiger partial charge in [-0.05, 0) is 31.2 Å². The van der Waals surface area contributed by atoms with Crippen molar-refractivity contribution < 1.29 is 4.74 Å². The molecule has 0 aliphatic carbocycles. The highest BCUT2D eigenvalue weighted by Gasteiger charge is 2.09. The van der Waals surface area contributed by atoms with Crippen molar-refractivity contribution in [3.8, 4) is 11.6 Å². The Labute approximate surface area is 139 Å². The van der Waals surface area contributed by atoms with Crippen molar-refractivity contribution in [3.63, 3.8) is 0 Å². The van der Waals surface area contributed by atoms with Crippen molar-refractivity contribution in [3.05, 3.63) is 51.1 Å². The molecule has 0 radical (unpaired) electrons.